The number of ether oxygens (including phenoxy) is 1. The molecule has 6 heteroatoms. The highest BCUT2D eigenvalue weighted by Gasteiger charge is 2.32. The van der Waals surface area contributed by atoms with Gasteiger partial charge in [0.2, 0.25) is 5.91 Å². The normalized spacial score (nSPS) is 20.2. The molecule has 0 radical (unpaired) electrons. The van der Waals surface area contributed by atoms with E-state index < -0.39 is 0 Å². The van der Waals surface area contributed by atoms with Gasteiger partial charge in [-0.2, -0.15) is 5.10 Å². The molecule has 1 aromatic heterocycles. The van der Waals surface area contributed by atoms with Crippen molar-refractivity contribution >= 4 is 5.91 Å². The van der Waals surface area contributed by atoms with Crippen molar-refractivity contribution in [1.29, 1.82) is 0 Å². The topological polar surface area (TPSA) is 50.6 Å². The summed E-state index contributed by atoms with van der Waals surface area (Å²) < 4.78 is 7.17. The van der Waals surface area contributed by atoms with Crippen LogP contribution in [0.25, 0.3) is 11.3 Å². The first-order valence-electron chi connectivity index (χ1n) is 10.3. The number of likely N-dealkylation sites (tertiary alicyclic amines) is 1. The van der Waals surface area contributed by atoms with Gasteiger partial charge in [0.25, 0.3) is 0 Å². The highest BCUT2D eigenvalue weighted by Crippen LogP contribution is 2.29. The molecule has 1 amide bonds. The van der Waals surface area contributed by atoms with Gasteiger partial charge in [-0.1, -0.05) is 30.3 Å². The molecule has 6 nitrogen and oxygen atoms in total. The molecule has 0 spiro atoms. The van der Waals surface area contributed by atoms with E-state index in [1.807, 2.05) is 17.8 Å². The Labute approximate surface area is 167 Å². The van der Waals surface area contributed by atoms with Gasteiger partial charge < -0.3 is 14.5 Å². The Morgan fingerprint density at radius 2 is 1.96 bits per heavy atom. The molecule has 2 aliphatic heterocycles. The molecule has 3 heterocycles. The first kappa shape index (κ1) is 19.2. The largest absolute Gasteiger partial charge is 0.383 e. The molecule has 4 rings (SSSR count). The summed E-state index contributed by atoms with van der Waals surface area (Å²) in [7, 11) is 3.75. The number of amides is 1. The number of fused-ring (bicyclic) bond motifs is 1. The van der Waals surface area contributed by atoms with Crippen LogP contribution in [0.2, 0.25) is 0 Å². The molecule has 1 fully saturated rings. The van der Waals surface area contributed by atoms with Gasteiger partial charge in [-0.3, -0.25) is 9.48 Å². The molecular formula is C22H30N4O2. The molecule has 0 aliphatic carbocycles. The third-order valence-electron chi connectivity index (χ3n) is 6.07. The van der Waals surface area contributed by atoms with Crippen LogP contribution >= 0.6 is 0 Å². The molecule has 1 atom stereocenters. The maximum Gasteiger partial charge on any atom is 0.227 e. The Morgan fingerprint density at radius 1 is 1.18 bits per heavy atom. The molecule has 0 bridgehead atoms. The molecule has 1 saturated heterocycles. The number of rotatable bonds is 5. The molecule has 0 N–H and O–H groups in total. The number of carbonyl (C=O) groups is 1. The zero-order valence-corrected chi connectivity index (χ0v) is 16.9. The molecule has 0 saturated carbocycles. The van der Waals surface area contributed by atoms with Gasteiger partial charge in [0.05, 0.1) is 23.9 Å². The summed E-state index contributed by atoms with van der Waals surface area (Å²) in [6.45, 7) is 5.05. The lowest BCUT2D eigenvalue weighted by atomic mass is 10.0. The number of hydrogen-bond donors (Lipinski definition) is 0. The first-order valence-corrected chi connectivity index (χ1v) is 10.3. The van der Waals surface area contributed by atoms with Crippen LogP contribution in [0.4, 0.5) is 0 Å². The van der Waals surface area contributed by atoms with Gasteiger partial charge in [0, 0.05) is 57.9 Å². The van der Waals surface area contributed by atoms with Crippen molar-refractivity contribution in [1.82, 2.24) is 19.6 Å². The summed E-state index contributed by atoms with van der Waals surface area (Å²) in [6, 6.07) is 10.4. The number of aryl methyl sites for hydroxylation is 1. The standard InChI is InChI=1S/C22H30N4O2/c1-24-21(17-6-4-3-5-7-17)19-9-12-26(13-10-20(19)23-24)22(27)18-8-11-25(16-18)14-15-28-2/h3-7,18H,8-16H2,1-2H3. The summed E-state index contributed by atoms with van der Waals surface area (Å²) in [5, 5.41) is 4.78. The van der Waals surface area contributed by atoms with Crippen LogP contribution in [0.15, 0.2) is 30.3 Å². The Bertz CT molecular complexity index is 817. The summed E-state index contributed by atoms with van der Waals surface area (Å²) >= 11 is 0. The van der Waals surface area contributed by atoms with E-state index in [4.69, 9.17) is 9.84 Å². The fraction of sp³-hybridized carbons (Fsp3) is 0.545. The average Bonchev–Trinajstić information content (AvgIpc) is 3.25. The SMILES string of the molecule is COCCN1CCC(C(=O)N2CCc3nn(C)c(-c4ccccc4)c3CC2)C1. The lowest BCUT2D eigenvalue weighted by Crippen LogP contribution is -2.39. The van der Waals surface area contributed by atoms with Gasteiger partial charge in [-0.15, -0.1) is 0 Å². The smallest absolute Gasteiger partial charge is 0.227 e. The average molecular weight is 383 g/mol. The van der Waals surface area contributed by atoms with Gasteiger partial charge >= 0.3 is 0 Å². The van der Waals surface area contributed by atoms with E-state index in [0.29, 0.717) is 5.91 Å². The van der Waals surface area contributed by atoms with Crippen molar-refractivity contribution in [2.75, 3.05) is 46.4 Å². The zero-order chi connectivity index (χ0) is 19.5. The predicted molar refractivity (Wildman–Crippen MR) is 109 cm³/mol. The van der Waals surface area contributed by atoms with E-state index in [9.17, 15) is 4.79 Å². The summed E-state index contributed by atoms with van der Waals surface area (Å²) in [5.41, 5.74) is 4.83. The second-order valence-electron chi connectivity index (χ2n) is 7.87. The number of nitrogens with zero attached hydrogens (tertiary/aromatic N) is 4. The van der Waals surface area contributed by atoms with Crippen LogP contribution in [-0.2, 0) is 29.4 Å². The molecule has 1 unspecified atom stereocenters. The Morgan fingerprint density at radius 3 is 2.75 bits per heavy atom. The Hall–Kier alpha value is -2.18. The minimum absolute atomic E-state index is 0.127. The fourth-order valence-electron chi connectivity index (χ4n) is 4.58. The summed E-state index contributed by atoms with van der Waals surface area (Å²) in [6.07, 6.45) is 2.67. The van der Waals surface area contributed by atoms with E-state index in [2.05, 4.69) is 34.1 Å². The highest BCUT2D eigenvalue weighted by atomic mass is 16.5. The maximum absolute atomic E-state index is 13.1. The minimum atomic E-state index is 0.127. The number of carbonyl (C=O) groups excluding carboxylic acids is 1. The Balaban J connectivity index is 1.44. The van der Waals surface area contributed by atoms with Crippen LogP contribution in [0, 0.1) is 5.92 Å². The third kappa shape index (κ3) is 3.84. The second kappa shape index (κ2) is 8.45. The Kier molecular flexibility index (Phi) is 5.78. The van der Waals surface area contributed by atoms with Crippen molar-refractivity contribution in [2.45, 2.75) is 19.3 Å². The minimum Gasteiger partial charge on any atom is -0.383 e. The lowest BCUT2D eigenvalue weighted by molar-refractivity contribution is -0.135. The van der Waals surface area contributed by atoms with E-state index in [0.717, 1.165) is 64.3 Å². The zero-order valence-electron chi connectivity index (χ0n) is 16.9. The molecule has 1 aromatic carbocycles. The number of methoxy groups -OCH3 is 1. The van der Waals surface area contributed by atoms with E-state index >= 15 is 0 Å². The summed E-state index contributed by atoms with van der Waals surface area (Å²) in [4.78, 5) is 17.5. The maximum atomic E-state index is 13.1. The van der Waals surface area contributed by atoms with Crippen LogP contribution in [-0.4, -0.2) is 71.9 Å². The fourth-order valence-corrected chi connectivity index (χ4v) is 4.58. The van der Waals surface area contributed by atoms with Crippen molar-refractivity contribution < 1.29 is 9.53 Å². The van der Waals surface area contributed by atoms with Crippen LogP contribution < -0.4 is 0 Å². The molecule has 2 aromatic rings. The van der Waals surface area contributed by atoms with Crippen LogP contribution in [0.3, 0.4) is 0 Å². The van der Waals surface area contributed by atoms with Gasteiger partial charge in [-0.25, -0.2) is 0 Å². The van der Waals surface area contributed by atoms with Crippen LogP contribution in [0.5, 0.6) is 0 Å². The molecule has 150 valence electrons. The second-order valence-corrected chi connectivity index (χ2v) is 7.87. The number of aromatic nitrogens is 2. The number of benzene rings is 1. The predicted octanol–water partition coefficient (Wildman–Crippen LogP) is 1.98. The highest BCUT2D eigenvalue weighted by molar-refractivity contribution is 5.79. The van der Waals surface area contributed by atoms with Crippen molar-refractivity contribution in [3.05, 3.63) is 41.6 Å². The van der Waals surface area contributed by atoms with E-state index in [1.54, 1.807) is 7.11 Å². The van der Waals surface area contributed by atoms with Gasteiger partial charge in [0.1, 0.15) is 0 Å². The third-order valence-corrected chi connectivity index (χ3v) is 6.07. The molecule has 2 aliphatic rings. The van der Waals surface area contributed by atoms with E-state index in [1.165, 1.54) is 16.8 Å². The summed E-state index contributed by atoms with van der Waals surface area (Å²) in [5.74, 6) is 0.442. The van der Waals surface area contributed by atoms with Crippen molar-refractivity contribution in [3.8, 4) is 11.3 Å². The lowest BCUT2D eigenvalue weighted by Gasteiger charge is -2.24. The van der Waals surface area contributed by atoms with Crippen molar-refractivity contribution in [2.24, 2.45) is 13.0 Å². The van der Waals surface area contributed by atoms with Crippen molar-refractivity contribution in [3.63, 3.8) is 0 Å². The number of hydrogen-bond acceptors (Lipinski definition) is 4. The monoisotopic (exact) mass is 382 g/mol. The first-order chi connectivity index (χ1) is 13.7. The molecular weight excluding hydrogens is 352 g/mol. The van der Waals surface area contributed by atoms with Gasteiger partial charge in [0.15, 0.2) is 0 Å². The quantitative estimate of drug-likeness (QED) is 0.794. The van der Waals surface area contributed by atoms with Gasteiger partial charge in [-0.05, 0) is 19.4 Å². The van der Waals surface area contributed by atoms with Crippen LogP contribution in [0.1, 0.15) is 17.7 Å². The van der Waals surface area contributed by atoms with E-state index in [-0.39, 0.29) is 5.92 Å². The molecule has 28 heavy (non-hydrogen) atoms.